The number of unbranched alkanes of at least 4 members (excludes halogenated alkanes) is 9. The second-order valence-electron chi connectivity index (χ2n) is 11.9. The minimum atomic E-state index is -0.643. The normalized spacial score (nSPS) is 27.1. The molecule has 0 saturated heterocycles. The molecule has 7 atom stereocenters. The molecule has 0 bridgehead atoms. The summed E-state index contributed by atoms with van der Waals surface area (Å²) in [5, 5.41) is 20.9. The van der Waals surface area contributed by atoms with E-state index in [0.717, 1.165) is 64.2 Å². The average molecular weight is 521 g/mol. The molecule has 2 N–H and O–H groups in total. The van der Waals surface area contributed by atoms with Gasteiger partial charge in [0.2, 0.25) is 0 Å². The van der Waals surface area contributed by atoms with E-state index in [1.54, 1.807) is 6.08 Å². The van der Waals surface area contributed by atoms with Gasteiger partial charge in [-0.1, -0.05) is 104 Å². The molecule has 0 aromatic carbocycles. The number of carbonyl (C=O) groups excluding carboxylic acids is 2. The van der Waals surface area contributed by atoms with Gasteiger partial charge in [0.05, 0.1) is 24.7 Å². The van der Waals surface area contributed by atoms with Gasteiger partial charge in [0.25, 0.3) is 0 Å². The topological polar surface area (TPSA) is 83.8 Å². The monoisotopic (exact) mass is 520 g/mol. The van der Waals surface area contributed by atoms with Crippen molar-refractivity contribution in [3.05, 3.63) is 12.2 Å². The van der Waals surface area contributed by atoms with Crippen LogP contribution in [0.25, 0.3) is 0 Å². The Balaban J connectivity index is 1.58. The van der Waals surface area contributed by atoms with Crippen molar-refractivity contribution in [3.8, 4) is 0 Å². The summed E-state index contributed by atoms with van der Waals surface area (Å²) < 4.78 is 5.51. The SMILES string of the molecule is CCCCCCCCCCOC(=O)[C@@H]1C[C@H]1CCCC[C@H]1C(=O)C[C@@H](O)[C@@H]1C=C[C@@H](O)[C@H](C)CCCC. The second-order valence-corrected chi connectivity index (χ2v) is 11.9. The second kappa shape index (κ2) is 18.2. The summed E-state index contributed by atoms with van der Waals surface area (Å²) in [6, 6.07) is 0. The number of rotatable bonds is 21. The van der Waals surface area contributed by atoms with Crippen LogP contribution in [0.15, 0.2) is 12.2 Å². The number of ketones is 1. The van der Waals surface area contributed by atoms with Crippen LogP contribution in [-0.2, 0) is 14.3 Å². The van der Waals surface area contributed by atoms with Gasteiger partial charge in [-0.15, -0.1) is 0 Å². The highest BCUT2D eigenvalue weighted by atomic mass is 16.5. The van der Waals surface area contributed by atoms with Gasteiger partial charge in [-0.3, -0.25) is 9.59 Å². The third-order valence-electron chi connectivity index (χ3n) is 8.67. The van der Waals surface area contributed by atoms with E-state index in [0.29, 0.717) is 12.5 Å². The molecule has 0 amide bonds. The van der Waals surface area contributed by atoms with Crippen LogP contribution in [0, 0.1) is 29.6 Å². The summed E-state index contributed by atoms with van der Waals surface area (Å²) in [5.74, 6) is 0.476. The lowest BCUT2D eigenvalue weighted by molar-refractivity contribution is -0.145. The van der Waals surface area contributed by atoms with E-state index in [1.165, 1.54) is 38.5 Å². The summed E-state index contributed by atoms with van der Waals surface area (Å²) >= 11 is 0. The van der Waals surface area contributed by atoms with E-state index in [2.05, 4.69) is 20.8 Å². The minimum Gasteiger partial charge on any atom is -0.465 e. The minimum absolute atomic E-state index is 0.0148. The number of aliphatic hydroxyl groups excluding tert-OH is 2. The fraction of sp³-hybridized carbons (Fsp3) is 0.875. The fourth-order valence-corrected chi connectivity index (χ4v) is 5.86. The molecule has 0 spiro atoms. The third-order valence-corrected chi connectivity index (χ3v) is 8.67. The summed E-state index contributed by atoms with van der Waals surface area (Å²) in [5.41, 5.74) is 0. The Morgan fingerprint density at radius 1 is 0.973 bits per heavy atom. The van der Waals surface area contributed by atoms with Crippen LogP contribution in [-0.4, -0.2) is 40.8 Å². The highest BCUT2D eigenvalue weighted by Crippen LogP contribution is 2.44. The van der Waals surface area contributed by atoms with Gasteiger partial charge in [0.15, 0.2) is 0 Å². The fourth-order valence-electron chi connectivity index (χ4n) is 5.86. The summed E-state index contributed by atoms with van der Waals surface area (Å²) in [7, 11) is 0. The quantitative estimate of drug-likeness (QED) is 0.0951. The molecule has 2 rings (SSSR count). The molecule has 0 heterocycles. The number of esters is 1. The van der Waals surface area contributed by atoms with Crippen LogP contribution < -0.4 is 0 Å². The predicted octanol–water partition coefficient (Wildman–Crippen LogP) is 7.18. The van der Waals surface area contributed by atoms with Crippen LogP contribution in [0.4, 0.5) is 0 Å². The highest BCUT2D eigenvalue weighted by molar-refractivity contribution is 5.84. The molecule has 37 heavy (non-hydrogen) atoms. The Bertz CT molecular complexity index is 674. The Labute approximate surface area is 226 Å². The van der Waals surface area contributed by atoms with Gasteiger partial charge in [0, 0.05) is 18.3 Å². The van der Waals surface area contributed by atoms with E-state index in [-0.39, 0.29) is 41.8 Å². The first-order valence-corrected chi connectivity index (χ1v) is 15.6. The van der Waals surface area contributed by atoms with E-state index < -0.39 is 12.2 Å². The molecule has 5 nitrogen and oxygen atoms in total. The van der Waals surface area contributed by atoms with E-state index in [9.17, 15) is 19.8 Å². The molecule has 0 radical (unpaired) electrons. The van der Waals surface area contributed by atoms with Crippen molar-refractivity contribution in [2.45, 2.75) is 142 Å². The van der Waals surface area contributed by atoms with Crippen LogP contribution in [0.2, 0.25) is 0 Å². The zero-order chi connectivity index (χ0) is 27.0. The van der Waals surface area contributed by atoms with E-state index >= 15 is 0 Å². The molecule has 0 aromatic rings. The van der Waals surface area contributed by atoms with Crippen LogP contribution in [0.5, 0.6) is 0 Å². The maximum absolute atomic E-state index is 12.5. The van der Waals surface area contributed by atoms with Gasteiger partial charge in [-0.2, -0.15) is 0 Å². The Morgan fingerprint density at radius 2 is 1.62 bits per heavy atom. The van der Waals surface area contributed by atoms with Crippen molar-refractivity contribution in [1.82, 2.24) is 0 Å². The zero-order valence-corrected chi connectivity index (χ0v) is 24.0. The van der Waals surface area contributed by atoms with Crippen molar-refractivity contribution in [2.24, 2.45) is 29.6 Å². The maximum Gasteiger partial charge on any atom is 0.309 e. The van der Waals surface area contributed by atoms with Gasteiger partial charge >= 0.3 is 5.97 Å². The molecule has 0 aliphatic heterocycles. The molecule has 2 fully saturated rings. The molecule has 5 heteroatoms. The van der Waals surface area contributed by atoms with Crippen LogP contribution >= 0.6 is 0 Å². The molecule has 2 aliphatic rings. The summed E-state index contributed by atoms with van der Waals surface area (Å²) in [6.45, 7) is 7.00. The molecule has 0 unspecified atom stereocenters. The third kappa shape index (κ3) is 12.0. The van der Waals surface area contributed by atoms with Crippen LogP contribution in [0.1, 0.15) is 130 Å². The summed E-state index contributed by atoms with van der Waals surface area (Å²) in [6.07, 6.45) is 20.5. The first-order chi connectivity index (χ1) is 17.9. The lowest BCUT2D eigenvalue weighted by atomic mass is 9.87. The van der Waals surface area contributed by atoms with Gasteiger partial charge in [-0.25, -0.2) is 0 Å². The van der Waals surface area contributed by atoms with Crippen molar-refractivity contribution < 1.29 is 24.5 Å². The number of hydrogen-bond acceptors (Lipinski definition) is 5. The number of carbonyl (C=O) groups is 2. The zero-order valence-electron chi connectivity index (χ0n) is 24.0. The first kappa shape index (κ1) is 32.0. The van der Waals surface area contributed by atoms with Gasteiger partial charge < -0.3 is 14.9 Å². The molecular formula is C32H56O5. The lowest BCUT2D eigenvalue weighted by Gasteiger charge is -2.20. The van der Waals surface area contributed by atoms with Crippen molar-refractivity contribution in [1.29, 1.82) is 0 Å². The highest BCUT2D eigenvalue weighted by Gasteiger charge is 2.44. The number of aliphatic hydroxyl groups is 2. The number of Topliss-reactive ketones (excluding diaryl/α,β-unsaturated/α-hetero) is 1. The molecule has 0 aromatic heterocycles. The largest absolute Gasteiger partial charge is 0.465 e. The lowest BCUT2D eigenvalue weighted by Crippen LogP contribution is -2.20. The van der Waals surface area contributed by atoms with Gasteiger partial charge in [0.1, 0.15) is 5.78 Å². The molecule has 2 saturated carbocycles. The standard InChI is InChI=1S/C32H56O5/c1-4-6-8-9-10-11-12-15-21-37-32(36)28-22-25(28)17-13-14-18-26-27(31(35)23-30(26)34)19-20-29(33)24(3)16-7-5-2/h19-20,24-29,31,33,35H,4-18,21-23H2,1-3H3/t24-,25-,26-,27-,28-,29-,31-/m1/s1. The van der Waals surface area contributed by atoms with Crippen molar-refractivity contribution in [3.63, 3.8) is 0 Å². The first-order valence-electron chi connectivity index (χ1n) is 15.6. The Hall–Kier alpha value is -1.20. The number of hydrogen-bond donors (Lipinski definition) is 2. The van der Waals surface area contributed by atoms with Crippen molar-refractivity contribution in [2.75, 3.05) is 6.61 Å². The van der Waals surface area contributed by atoms with Gasteiger partial charge in [-0.05, 0) is 43.9 Å². The number of ether oxygens (including phenoxy) is 1. The Morgan fingerprint density at radius 3 is 2.32 bits per heavy atom. The maximum atomic E-state index is 12.5. The van der Waals surface area contributed by atoms with E-state index in [4.69, 9.17) is 4.74 Å². The van der Waals surface area contributed by atoms with Crippen molar-refractivity contribution >= 4 is 11.8 Å². The molecular weight excluding hydrogens is 464 g/mol. The van der Waals surface area contributed by atoms with E-state index in [1.807, 2.05) is 6.08 Å². The smallest absolute Gasteiger partial charge is 0.309 e. The Kier molecular flexibility index (Phi) is 15.7. The molecule has 2 aliphatic carbocycles. The predicted molar refractivity (Wildman–Crippen MR) is 150 cm³/mol. The average Bonchev–Trinajstić information content (AvgIpc) is 3.61. The molecule has 214 valence electrons. The van der Waals surface area contributed by atoms with Crippen LogP contribution in [0.3, 0.4) is 0 Å². The summed E-state index contributed by atoms with van der Waals surface area (Å²) in [4.78, 5) is 24.8.